The van der Waals surface area contributed by atoms with Gasteiger partial charge in [0.15, 0.2) is 11.6 Å². The molecular weight excluding hydrogens is 209 g/mol. The van der Waals surface area contributed by atoms with Gasteiger partial charge in [0.2, 0.25) is 0 Å². The molecular formula is C12H16FNO2. The lowest BCUT2D eigenvalue weighted by molar-refractivity contribution is -0.0703. The molecule has 0 aliphatic carbocycles. The quantitative estimate of drug-likeness (QED) is 0.846. The minimum absolute atomic E-state index is 0.0611. The van der Waals surface area contributed by atoms with Gasteiger partial charge in [-0.3, -0.25) is 0 Å². The summed E-state index contributed by atoms with van der Waals surface area (Å²) in [5, 5.41) is 0. The van der Waals surface area contributed by atoms with Crippen molar-refractivity contribution in [2.24, 2.45) is 5.73 Å². The maximum atomic E-state index is 13.6. The Balaban J connectivity index is 2.37. The first kappa shape index (κ1) is 11.4. The van der Waals surface area contributed by atoms with Crippen molar-refractivity contribution in [3.63, 3.8) is 0 Å². The van der Waals surface area contributed by atoms with Crippen LogP contribution in [0.5, 0.6) is 5.75 Å². The Labute approximate surface area is 94.3 Å². The lowest BCUT2D eigenvalue weighted by Crippen LogP contribution is -2.57. The molecule has 3 nitrogen and oxygen atoms in total. The van der Waals surface area contributed by atoms with Crippen molar-refractivity contribution in [2.45, 2.75) is 18.4 Å². The van der Waals surface area contributed by atoms with Crippen molar-refractivity contribution in [1.82, 2.24) is 0 Å². The number of halogens is 1. The van der Waals surface area contributed by atoms with Crippen LogP contribution in [0.4, 0.5) is 4.39 Å². The van der Waals surface area contributed by atoms with Gasteiger partial charge in [0.05, 0.1) is 25.7 Å². The fourth-order valence-electron chi connectivity index (χ4n) is 1.99. The van der Waals surface area contributed by atoms with Crippen LogP contribution in [0.25, 0.3) is 0 Å². The summed E-state index contributed by atoms with van der Waals surface area (Å²) >= 11 is 0. The Kier molecular flexibility index (Phi) is 2.86. The smallest absolute Gasteiger partial charge is 0.165 e. The largest absolute Gasteiger partial charge is 0.494 e. The normalized spacial score (nSPS) is 20.0. The van der Waals surface area contributed by atoms with Crippen molar-refractivity contribution in [3.8, 4) is 5.75 Å². The summed E-state index contributed by atoms with van der Waals surface area (Å²) in [6.07, 6.45) is 0. The van der Waals surface area contributed by atoms with E-state index in [9.17, 15) is 4.39 Å². The van der Waals surface area contributed by atoms with Crippen molar-refractivity contribution >= 4 is 0 Å². The molecule has 1 heterocycles. The maximum absolute atomic E-state index is 13.6. The highest BCUT2D eigenvalue weighted by Gasteiger charge is 2.44. The number of nitrogens with two attached hydrogens (primary N) is 1. The first-order chi connectivity index (χ1) is 7.60. The van der Waals surface area contributed by atoms with E-state index in [2.05, 4.69) is 0 Å². The van der Waals surface area contributed by atoms with Crippen molar-refractivity contribution in [2.75, 3.05) is 20.3 Å². The highest BCUT2D eigenvalue weighted by molar-refractivity contribution is 5.36. The number of hydrogen-bond acceptors (Lipinski definition) is 3. The average Bonchev–Trinajstić information content (AvgIpc) is 2.15. The molecule has 1 atom stereocenters. The molecule has 0 aromatic heterocycles. The van der Waals surface area contributed by atoms with Crippen LogP contribution in [0, 0.1) is 5.82 Å². The van der Waals surface area contributed by atoms with Gasteiger partial charge in [-0.2, -0.15) is 0 Å². The van der Waals surface area contributed by atoms with E-state index in [4.69, 9.17) is 15.2 Å². The monoisotopic (exact) mass is 225 g/mol. The van der Waals surface area contributed by atoms with E-state index in [0.29, 0.717) is 13.2 Å². The molecule has 1 unspecified atom stereocenters. The molecule has 4 heteroatoms. The third kappa shape index (κ3) is 1.58. The summed E-state index contributed by atoms with van der Waals surface area (Å²) in [4.78, 5) is 0. The van der Waals surface area contributed by atoms with Gasteiger partial charge in [-0.15, -0.1) is 0 Å². The average molecular weight is 225 g/mol. The molecule has 0 spiro atoms. The van der Waals surface area contributed by atoms with E-state index < -0.39 is 0 Å². The molecule has 0 amide bonds. The highest BCUT2D eigenvalue weighted by Crippen LogP contribution is 2.36. The van der Waals surface area contributed by atoms with Crippen LogP contribution in [-0.2, 0) is 10.2 Å². The van der Waals surface area contributed by atoms with Gasteiger partial charge in [0, 0.05) is 6.04 Å². The number of hydrogen-bond donors (Lipinski definition) is 1. The summed E-state index contributed by atoms with van der Waals surface area (Å²) < 4.78 is 23.7. The molecule has 1 aromatic carbocycles. The Hall–Kier alpha value is -1.13. The molecule has 1 aliphatic rings. The third-order valence-corrected chi connectivity index (χ3v) is 3.32. The topological polar surface area (TPSA) is 44.5 Å². The molecule has 2 rings (SSSR count). The molecule has 1 aromatic rings. The predicted molar refractivity (Wildman–Crippen MR) is 59.1 cm³/mol. The Bertz CT molecular complexity index is 389. The van der Waals surface area contributed by atoms with Gasteiger partial charge in [0.25, 0.3) is 0 Å². The van der Waals surface area contributed by atoms with Gasteiger partial charge < -0.3 is 15.2 Å². The van der Waals surface area contributed by atoms with Gasteiger partial charge in [0.1, 0.15) is 0 Å². The van der Waals surface area contributed by atoms with Crippen LogP contribution >= 0.6 is 0 Å². The Morgan fingerprint density at radius 3 is 2.56 bits per heavy atom. The SMILES string of the molecule is COc1ccc(C2(C(C)N)COC2)cc1F. The summed E-state index contributed by atoms with van der Waals surface area (Å²) in [6.45, 7) is 3.03. The minimum Gasteiger partial charge on any atom is -0.494 e. The molecule has 88 valence electrons. The summed E-state index contributed by atoms with van der Waals surface area (Å²) in [7, 11) is 1.45. The first-order valence-corrected chi connectivity index (χ1v) is 5.27. The molecule has 1 aliphatic heterocycles. The van der Waals surface area contributed by atoms with Crippen LogP contribution < -0.4 is 10.5 Å². The summed E-state index contributed by atoms with van der Waals surface area (Å²) in [6, 6.07) is 4.92. The second-order valence-electron chi connectivity index (χ2n) is 4.29. The molecule has 16 heavy (non-hydrogen) atoms. The lowest BCUT2D eigenvalue weighted by atomic mass is 9.73. The minimum atomic E-state index is -0.355. The molecule has 2 N–H and O–H groups in total. The van der Waals surface area contributed by atoms with E-state index in [1.807, 2.05) is 13.0 Å². The molecule has 0 bridgehead atoms. The number of methoxy groups -OCH3 is 1. The van der Waals surface area contributed by atoms with Crippen LogP contribution in [-0.4, -0.2) is 26.4 Å². The van der Waals surface area contributed by atoms with Crippen LogP contribution in [0.1, 0.15) is 12.5 Å². The zero-order valence-electron chi connectivity index (χ0n) is 9.50. The van der Waals surface area contributed by atoms with Gasteiger partial charge in [-0.1, -0.05) is 6.07 Å². The molecule has 0 radical (unpaired) electrons. The Morgan fingerprint density at radius 2 is 2.19 bits per heavy atom. The summed E-state index contributed by atoms with van der Waals surface area (Å²) in [5.41, 5.74) is 6.59. The number of benzene rings is 1. The first-order valence-electron chi connectivity index (χ1n) is 5.27. The maximum Gasteiger partial charge on any atom is 0.165 e. The molecule has 1 fully saturated rings. The van der Waals surface area contributed by atoms with E-state index >= 15 is 0 Å². The van der Waals surface area contributed by atoms with Gasteiger partial charge in [-0.05, 0) is 24.6 Å². The fourth-order valence-corrected chi connectivity index (χ4v) is 1.99. The predicted octanol–water partition coefficient (Wildman–Crippen LogP) is 1.45. The lowest BCUT2D eigenvalue weighted by Gasteiger charge is -2.45. The molecule has 1 saturated heterocycles. The number of rotatable bonds is 3. The number of ether oxygens (including phenoxy) is 2. The van der Waals surface area contributed by atoms with Crippen LogP contribution in [0.15, 0.2) is 18.2 Å². The van der Waals surface area contributed by atoms with Crippen molar-refractivity contribution in [1.29, 1.82) is 0 Å². The Morgan fingerprint density at radius 1 is 1.50 bits per heavy atom. The van der Waals surface area contributed by atoms with E-state index in [-0.39, 0.29) is 23.0 Å². The van der Waals surface area contributed by atoms with Crippen LogP contribution in [0.2, 0.25) is 0 Å². The van der Waals surface area contributed by atoms with Gasteiger partial charge in [-0.25, -0.2) is 4.39 Å². The van der Waals surface area contributed by atoms with Crippen LogP contribution in [0.3, 0.4) is 0 Å². The second-order valence-corrected chi connectivity index (χ2v) is 4.29. The zero-order valence-corrected chi connectivity index (χ0v) is 9.50. The van der Waals surface area contributed by atoms with Crippen molar-refractivity contribution in [3.05, 3.63) is 29.6 Å². The van der Waals surface area contributed by atoms with E-state index in [1.54, 1.807) is 6.07 Å². The standard InChI is InChI=1S/C12H16FNO2/c1-8(14)12(6-16-7-12)9-3-4-11(15-2)10(13)5-9/h3-5,8H,6-7,14H2,1-2H3. The molecule has 0 saturated carbocycles. The van der Waals surface area contributed by atoms with Gasteiger partial charge >= 0.3 is 0 Å². The van der Waals surface area contributed by atoms with Crippen molar-refractivity contribution < 1.29 is 13.9 Å². The third-order valence-electron chi connectivity index (χ3n) is 3.32. The fraction of sp³-hybridized carbons (Fsp3) is 0.500. The van der Waals surface area contributed by atoms with E-state index in [1.165, 1.54) is 13.2 Å². The second kappa shape index (κ2) is 4.03. The van der Waals surface area contributed by atoms with E-state index in [0.717, 1.165) is 5.56 Å². The zero-order chi connectivity index (χ0) is 11.8. The highest BCUT2D eigenvalue weighted by atomic mass is 19.1. The summed E-state index contributed by atoms with van der Waals surface area (Å²) in [5.74, 6) is -0.101.